The lowest BCUT2D eigenvalue weighted by atomic mass is 10.1. The molecule has 0 unspecified atom stereocenters. The Balaban J connectivity index is 2.38. The van der Waals surface area contributed by atoms with Crippen molar-refractivity contribution in [1.29, 1.82) is 5.26 Å². The van der Waals surface area contributed by atoms with Gasteiger partial charge in [-0.1, -0.05) is 29.1 Å². The second kappa shape index (κ2) is 11.0. The van der Waals surface area contributed by atoms with Crippen molar-refractivity contribution in [2.75, 3.05) is 33.3 Å². The van der Waals surface area contributed by atoms with Gasteiger partial charge in [-0.25, -0.2) is 0 Å². The number of methoxy groups -OCH3 is 3. The predicted octanol–water partition coefficient (Wildman–Crippen LogP) is 4.58. The summed E-state index contributed by atoms with van der Waals surface area (Å²) in [7, 11) is 4.29. The third kappa shape index (κ3) is 5.76. The highest BCUT2D eigenvalue weighted by atomic mass is 35.5. The van der Waals surface area contributed by atoms with Gasteiger partial charge in [-0.2, -0.15) is 5.26 Å². The number of amides is 1. The van der Waals surface area contributed by atoms with Crippen LogP contribution in [0.25, 0.3) is 6.08 Å². The molecule has 31 heavy (non-hydrogen) atoms. The van der Waals surface area contributed by atoms with Gasteiger partial charge in [0.2, 0.25) is 0 Å². The van der Waals surface area contributed by atoms with E-state index in [0.29, 0.717) is 27.8 Å². The van der Waals surface area contributed by atoms with Crippen molar-refractivity contribution in [2.24, 2.45) is 0 Å². The lowest BCUT2D eigenvalue weighted by Crippen LogP contribution is -2.14. The van der Waals surface area contributed by atoms with Crippen LogP contribution in [0.15, 0.2) is 29.8 Å². The molecule has 2 aromatic rings. The van der Waals surface area contributed by atoms with E-state index in [9.17, 15) is 10.1 Å². The minimum absolute atomic E-state index is 0.00348. The molecule has 160 valence electrons. The number of nitrogens with one attached hydrogen (secondary N) is 1. The molecular formula is C22H18Cl2N2O5. The van der Waals surface area contributed by atoms with E-state index in [1.165, 1.54) is 45.6 Å². The van der Waals surface area contributed by atoms with Crippen LogP contribution in [-0.2, 0) is 4.79 Å². The molecule has 0 atom stereocenters. The van der Waals surface area contributed by atoms with Crippen molar-refractivity contribution in [2.45, 2.75) is 0 Å². The number of rotatable bonds is 8. The molecule has 0 aliphatic heterocycles. The van der Waals surface area contributed by atoms with Crippen molar-refractivity contribution >= 4 is 40.9 Å². The van der Waals surface area contributed by atoms with Gasteiger partial charge in [0, 0.05) is 12.1 Å². The van der Waals surface area contributed by atoms with E-state index >= 15 is 0 Å². The van der Waals surface area contributed by atoms with Crippen LogP contribution in [0.3, 0.4) is 0 Å². The Morgan fingerprint density at radius 1 is 1.06 bits per heavy atom. The van der Waals surface area contributed by atoms with Gasteiger partial charge in [-0.15, -0.1) is 6.42 Å². The topological polar surface area (TPSA) is 89.8 Å². The summed E-state index contributed by atoms with van der Waals surface area (Å²) >= 11 is 12.3. The Labute approximate surface area is 190 Å². The van der Waals surface area contributed by atoms with Crippen molar-refractivity contribution in [3.05, 3.63) is 45.4 Å². The van der Waals surface area contributed by atoms with Crippen LogP contribution in [0.5, 0.6) is 23.0 Å². The highest BCUT2D eigenvalue weighted by molar-refractivity contribution is 6.33. The zero-order valence-corrected chi connectivity index (χ0v) is 18.4. The Kier molecular flexibility index (Phi) is 8.45. The third-order valence-corrected chi connectivity index (χ3v) is 4.53. The SMILES string of the molecule is C#CCOc1c(Cl)cc(/C=C(\C#N)C(=O)Nc2cc(OC)c(Cl)cc2OC)cc1OC. The number of ether oxygens (including phenoxy) is 4. The summed E-state index contributed by atoms with van der Waals surface area (Å²) in [4.78, 5) is 12.7. The van der Waals surface area contributed by atoms with Gasteiger partial charge in [0.05, 0.1) is 37.1 Å². The zero-order chi connectivity index (χ0) is 23.0. The molecule has 1 N–H and O–H groups in total. The highest BCUT2D eigenvalue weighted by Crippen LogP contribution is 2.38. The van der Waals surface area contributed by atoms with Gasteiger partial charge < -0.3 is 24.3 Å². The number of nitrogens with zero attached hydrogens (tertiary/aromatic N) is 1. The first kappa shape index (κ1) is 23.8. The molecule has 0 aliphatic carbocycles. The molecule has 0 fully saturated rings. The first-order valence-corrected chi connectivity index (χ1v) is 9.42. The quantitative estimate of drug-likeness (QED) is 0.352. The first-order valence-electron chi connectivity index (χ1n) is 8.66. The fourth-order valence-corrected chi connectivity index (χ4v) is 3.04. The Morgan fingerprint density at radius 3 is 2.32 bits per heavy atom. The van der Waals surface area contributed by atoms with Crippen LogP contribution in [0.4, 0.5) is 5.69 Å². The van der Waals surface area contributed by atoms with Crippen molar-refractivity contribution < 1.29 is 23.7 Å². The fraction of sp³-hybridized carbons (Fsp3) is 0.182. The van der Waals surface area contributed by atoms with E-state index in [0.717, 1.165) is 0 Å². The van der Waals surface area contributed by atoms with E-state index < -0.39 is 5.91 Å². The van der Waals surface area contributed by atoms with Crippen molar-refractivity contribution in [3.8, 4) is 41.4 Å². The summed E-state index contributed by atoms with van der Waals surface area (Å²) in [6, 6.07) is 7.93. The molecule has 0 bridgehead atoms. The summed E-state index contributed by atoms with van der Waals surface area (Å²) < 4.78 is 21.0. The summed E-state index contributed by atoms with van der Waals surface area (Å²) in [5, 5.41) is 12.6. The lowest BCUT2D eigenvalue weighted by molar-refractivity contribution is -0.112. The number of anilines is 1. The van der Waals surface area contributed by atoms with Crippen molar-refractivity contribution in [3.63, 3.8) is 0 Å². The maximum Gasteiger partial charge on any atom is 0.266 e. The van der Waals surface area contributed by atoms with E-state index in [1.54, 1.807) is 6.07 Å². The minimum atomic E-state index is -0.673. The van der Waals surface area contributed by atoms with Gasteiger partial charge >= 0.3 is 0 Å². The number of halogens is 2. The number of carbonyl (C=O) groups is 1. The molecule has 2 rings (SSSR count). The molecule has 0 aliphatic rings. The number of terminal acetylenes is 1. The molecule has 0 radical (unpaired) electrons. The normalized spacial score (nSPS) is 10.5. The Hall–Kier alpha value is -3.52. The predicted molar refractivity (Wildman–Crippen MR) is 119 cm³/mol. The van der Waals surface area contributed by atoms with Crippen LogP contribution in [0.1, 0.15) is 5.56 Å². The summed E-state index contributed by atoms with van der Waals surface area (Å²) in [5.41, 5.74) is 0.539. The maximum atomic E-state index is 12.7. The van der Waals surface area contributed by atoms with Crippen LogP contribution < -0.4 is 24.3 Å². The summed E-state index contributed by atoms with van der Waals surface area (Å²) in [5.74, 6) is 2.87. The second-order valence-electron chi connectivity index (χ2n) is 5.84. The average Bonchev–Trinajstić information content (AvgIpc) is 2.76. The standard InChI is InChI=1S/C22H18Cl2N2O5/c1-5-6-31-21-16(24)8-13(9-20(21)30-4)7-14(12-25)22(27)26-17-11-18(28-2)15(23)10-19(17)29-3/h1,7-11H,6H2,2-4H3,(H,26,27)/b14-7+. The molecule has 2 aromatic carbocycles. The summed E-state index contributed by atoms with van der Waals surface area (Å²) in [6.07, 6.45) is 6.56. The largest absolute Gasteiger partial charge is 0.495 e. The van der Waals surface area contributed by atoms with E-state index in [1.807, 2.05) is 6.07 Å². The van der Waals surface area contributed by atoms with E-state index in [2.05, 4.69) is 11.2 Å². The summed E-state index contributed by atoms with van der Waals surface area (Å²) in [6.45, 7) is 0.00348. The number of nitriles is 1. The number of benzene rings is 2. The molecule has 7 nitrogen and oxygen atoms in total. The smallest absolute Gasteiger partial charge is 0.266 e. The lowest BCUT2D eigenvalue weighted by Gasteiger charge is -2.13. The fourth-order valence-electron chi connectivity index (χ4n) is 2.54. The van der Waals surface area contributed by atoms with Gasteiger partial charge in [-0.05, 0) is 23.8 Å². The Bertz CT molecular complexity index is 1100. The van der Waals surface area contributed by atoms with Crippen LogP contribution in [-0.4, -0.2) is 33.8 Å². The molecule has 9 heteroatoms. The molecule has 0 heterocycles. The van der Waals surface area contributed by atoms with Gasteiger partial charge in [0.15, 0.2) is 11.5 Å². The first-order chi connectivity index (χ1) is 14.9. The molecule has 1 amide bonds. The van der Waals surface area contributed by atoms with Gasteiger partial charge in [-0.3, -0.25) is 4.79 Å². The molecular weight excluding hydrogens is 443 g/mol. The van der Waals surface area contributed by atoms with Gasteiger partial charge in [0.1, 0.15) is 29.7 Å². The average molecular weight is 461 g/mol. The van der Waals surface area contributed by atoms with Gasteiger partial charge in [0.25, 0.3) is 5.91 Å². The maximum absolute atomic E-state index is 12.7. The molecule has 0 aromatic heterocycles. The van der Waals surface area contributed by atoms with Crippen LogP contribution in [0, 0.1) is 23.7 Å². The van der Waals surface area contributed by atoms with Crippen LogP contribution in [0.2, 0.25) is 10.0 Å². The van der Waals surface area contributed by atoms with E-state index in [-0.39, 0.29) is 28.6 Å². The Morgan fingerprint density at radius 2 is 1.74 bits per heavy atom. The van der Waals surface area contributed by atoms with E-state index in [4.69, 9.17) is 48.6 Å². The second-order valence-corrected chi connectivity index (χ2v) is 6.65. The zero-order valence-electron chi connectivity index (χ0n) is 16.9. The number of hydrogen-bond donors (Lipinski definition) is 1. The number of hydrogen-bond acceptors (Lipinski definition) is 6. The van der Waals surface area contributed by atoms with Crippen LogP contribution >= 0.6 is 23.2 Å². The minimum Gasteiger partial charge on any atom is -0.495 e. The monoisotopic (exact) mass is 460 g/mol. The molecule has 0 saturated heterocycles. The molecule has 0 spiro atoms. The van der Waals surface area contributed by atoms with Crippen molar-refractivity contribution in [1.82, 2.24) is 0 Å². The molecule has 0 saturated carbocycles. The third-order valence-electron chi connectivity index (χ3n) is 3.95. The highest BCUT2D eigenvalue weighted by Gasteiger charge is 2.17. The number of carbonyl (C=O) groups excluding carboxylic acids is 1.